The van der Waals surface area contributed by atoms with E-state index in [1.165, 1.54) is 23.5 Å². The second-order valence-corrected chi connectivity index (χ2v) is 8.54. The van der Waals surface area contributed by atoms with Crippen molar-refractivity contribution in [2.24, 2.45) is 0 Å². The lowest BCUT2D eigenvalue weighted by molar-refractivity contribution is 0.0951. The molecule has 0 saturated carbocycles. The van der Waals surface area contributed by atoms with Crippen molar-refractivity contribution in [2.75, 3.05) is 44.2 Å². The van der Waals surface area contributed by atoms with Gasteiger partial charge in [-0.3, -0.25) is 9.69 Å². The summed E-state index contributed by atoms with van der Waals surface area (Å²) in [6, 6.07) is 8.19. The van der Waals surface area contributed by atoms with Crippen LogP contribution in [-0.4, -0.2) is 65.0 Å². The molecule has 1 aliphatic heterocycles. The molecule has 9 heteroatoms. The second kappa shape index (κ2) is 9.93. The number of hydrogen-bond donors (Lipinski definition) is 1. The average molecular weight is 441 g/mol. The minimum Gasteiger partial charge on any atom is -0.350 e. The number of aromatic nitrogens is 3. The normalized spacial score (nSPS) is 14.6. The Morgan fingerprint density at radius 2 is 1.84 bits per heavy atom. The van der Waals surface area contributed by atoms with Gasteiger partial charge in [-0.2, -0.15) is 0 Å². The van der Waals surface area contributed by atoms with Crippen molar-refractivity contribution in [3.05, 3.63) is 69.7 Å². The van der Waals surface area contributed by atoms with E-state index in [4.69, 9.17) is 0 Å². The van der Waals surface area contributed by atoms with Crippen molar-refractivity contribution in [3.63, 3.8) is 0 Å². The molecule has 0 aliphatic carbocycles. The summed E-state index contributed by atoms with van der Waals surface area (Å²) < 4.78 is 13.1. The molecule has 1 N–H and O–H groups in total. The zero-order valence-electron chi connectivity index (χ0n) is 17.4. The van der Waals surface area contributed by atoms with E-state index in [1.54, 1.807) is 24.5 Å². The maximum Gasteiger partial charge on any atom is 0.263 e. The quantitative estimate of drug-likeness (QED) is 0.609. The zero-order valence-corrected chi connectivity index (χ0v) is 18.2. The first kappa shape index (κ1) is 21.3. The van der Waals surface area contributed by atoms with Gasteiger partial charge in [0.15, 0.2) is 0 Å². The van der Waals surface area contributed by atoms with E-state index < -0.39 is 0 Å². The van der Waals surface area contributed by atoms with Gasteiger partial charge in [-0.1, -0.05) is 12.1 Å². The van der Waals surface area contributed by atoms with Crippen LogP contribution in [0.15, 0.2) is 42.7 Å². The molecule has 7 nitrogen and oxygen atoms in total. The molecule has 1 aromatic carbocycles. The highest BCUT2D eigenvalue weighted by atomic mass is 32.1. The molecule has 1 aliphatic rings. The number of aryl methyl sites for hydroxylation is 1. The summed E-state index contributed by atoms with van der Waals surface area (Å²) >= 11 is 1.40. The van der Waals surface area contributed by atoms with E-state index in [2.05, 4.69) is 30.1 Å². The van der Waals surface area contributed by atoms with Gasteiger partial charge in [0.1, 0.15) is 10.7 Å². The summed E-state index contributed by atoms with van der Waals surface area (Å²) in [5.74, 6) is 0.429. The maximum atomic E-state index is 13.1. The summed E-state index contributed by atoms with van der Waals surface area (Å²) in [6.07, 6.45) is 4.11. The third kappa shape index (κ3) is 5.62. The van der Waals surface area contributed by atoms with Crippen LogP contribution in [0.2, 0.25) is 0 Å². The lowest BCUT2D eigenvalue weighted by Crippen LogP contribution is -2.49. The molecule has 1 amide bonds. The molecule has 1 fully saturated rings. The largest absolute Gasteiger partial charge is 0.350 e. The fraction of sp³-hybridized carbons (Fsp3) is 0.364. The van der Waals surface area contributed by atoms with Crippen LogP contribution in [0.5, 0.6) is 0 Å². The Bertz CT molecular complexity index is 1000. The Hall–Kier alpha value is -2.91. The monoisotopic (exact) mass is 440 g/mol. The number of anilines is 1. The average Bonchev–Trinajstić information content (AvgIpc) is 3.16. The van der Waals surface area contributed by atoms with Crippen LogP contribution in [0, 0.1) is 12.7 Å². The lowest BCUT2D eigenvalue weighted by Gasteiger charge is -2.34. The second-order valence-electron chi connectivity index (χ2n) is 7.46. The highest BCUT2D eigenvalue weighted by Gasteiger charge is 2.19. The molecule has 0 radical (unpaired) electrons. The topological polar surface area (TPSA) is 74.2 Å². The maximum absolute atomic E-state index is 13.1. The Balaban J connectivity index is 1.23. The number of carbonyl (C=O) groups is 1. The number of nitrogens with zero attached hydrogens (tertiary/aromatic N) is 5. The smallest absolute Gasteiger partial charge is 0.263 e. The fourth-order valence-corrected chi connectivity index (χ4v) is 4.56. The third-order valence-electron chi connectivity index (χ3n) is 5.24. The summed E-state index contributed by atoms with van der Waals surface area (Å²) in [5.41, 5.74) is 1.71. The van der Waals surface area contributed by atoms with Crippen LogP contribution >= 0.6 is 11.3 Å². The van der Waals surface area contributed by atoms with Gasteiger partial charge >= 0.3 is 0 Å². The fourth-order valence-electron chi connectivity index (χ4n) is 3.55. The number of halogens is 1. The van der Waals surface area contributed by atoms with E-state index in [0.717, 1.165) is 54.9 Å². The van der Waals surface area contributed by atoms with Gasteiger partial charge in [0, 0.05) is 58.1 Å². The van der Waals surface area contributed by atoms with E-state index >= 15 is 0 Å². The molecule has 31 heavy (non-hydrogen) atoms. The molecule has 0 spiro atoms. The van der Waals surface area contributed by atoms with Crippen molar-refractivity contribution in [1.29, 1.82) is 0 Å². The van der Waals surface area contributed by atoms with Crippen LogP contribution in [0.1, 0.15) is 25.9 Å². The minimum atomic E-state index is -0.256. The molecule has 162 valence electrons. The number of benzene rings is 1. The molecule has 3 aromatic rings. The molecule has 0 atom stereocenters. The molecular formula is C22H25FN6OS. The molecule has 1 saturated heterocycles. The molecule has 3 heterocycles. The number of hydrogen-bond acceptors (Lipinski definition) is 7. The Kier molecular flexibility index (Phi) is 6.83. The predicted molar refractivity (Wildman–Crippen MR) is 119 cm³/mol. The summed E-state index contributed by atoms with van der Waals surface area (Å²) in [5, 5.41) is 3.87. The van der Waals surface area contributed by atoms with Crippen molar-refractivity contribution >= 4 is 23.2 Å². The predicted octanol–water partition coefficient (Wildman–Crippen LogP) is 2.52. The van der Waals surface area contributed by atoms with Crippen LogP contribution < -0.4 is 10.2 Å². The molecule has 2 aromatic heterocycles. The van der Waals surface area contributed by atoms with Gasteiger partial charge in [-0.15, -0.1) is 11.3 Å². The number of rotatable bonds is 7. The van der Waals surface area contributed by atoms with Crippen molar-refractivity contribution in [1.82, 2.24) is 25.2 Å². The van der Waals surface area contributed by atoms with Gasteiger partial charge in [-0.05, 0) is 30.7 Å². The van der Waals surface area contributed by atoms with E-state index in [1.807, 2.05) is 13.0 Å². The first-order valence-electron chi connectivity index (χ1n) is 10.3. The Morgan fingerprint density at radius 3 is 2.55 bits per heavy atom. The Morgan fingerprint density at radius 1 is 1.13 bits per heavy atom. The van der Waals surface area contributed by atoms with Crippen LogP contribution in [0.25, 0.3) is 0 Å². The van der Waals surface area contributed by atoms with Gasteiger partial charge < -0.3 is 10.2 Å². The zero-order chi connectivity index (χ0) is 21.6. The van der Waals surface area contributed by atoms with E-state index in [-0.39, 0.29) is 11.7 Å². The number of carbonyl (C=O) groups excluding carboxylic acids is 1. The van der Waals surface area contributed by atoms with Crippen molar-refractivity contribution in [3.8, 4) is 0 Å². The summed E-state index contributed by atoms with van der Waals surface area (Å²) in [6.45, 7) is 6.81. The molecule has 4 rings (SSSR count). The number of amides is 1. The standard InChI is InChI=1S/C22H25FN6OS/c1-16-20(31-19(27-16)15-17-3-5-18(23)6-4-17)21(30)24-9-10-28-11-13-29(14-12-28)22-25-7-2-8-26-22/h2-8H,9-15H2,1H3,(H,24,30). The molecule has 0 unspecified atom stereocenters. The van der Waals surface area contributed by atoms with Gasteiger partial charge in [0.05, 0.1) is 10.7 Å². The SMILES string of the molecule is Cc1nc(Cc2ccc(F)cc2)sc1C(=O)NCCN1CCN(c2ncccn2)CC1. The highest BCUT2D eigenvalue weighted by molar-refractivity contribution is 7.13. The van der Waals surface area contributed by atoms with Crippen molar-refractivity contribution < 1.29 is 9.18 Å². The first-order chi connectivity index (χ1) is 15.1. The highest BCUT2D eigenvalue weighted by Crippen LogP contribution is 2.21. The molecule has 0 bridgehead atoms. The lowest BCUT2D eigenvalue weighted by atomic mass is 10.1. The van der Waals surface area contributed by atoms with Gasteiger partial charge in [0.25, 0.3) is 5.91 Å². The van der Waals surface area contributed by atoms with Crippen LogP contribution in [0.3, 0.4) is 0 Å². The molecular weight excluding hydrogens is 415 g/mol. The summed E-state index contributed by atoms with van der Waals surface area (Å²) in [4.78, 5) is 30.9. The van der Waals surface area contributed by atoms with Crippen LogP contribution in [-0.2, 0) is 6.42 Å². The van der Waals surface area contributed by atoms with Gasteiger partial charge in [-0.25, -0.2) is 19.3 Å². The minimum absolute atomic E-state index is 0.0864. The van der Waals surface area contributed by atoms with Gasteiger partial charge in [0.2, 0.25) is 5.95 Å². The number of piperazine rings is 1. The van der Waals surface area contributed by atoms with Crippen LogP contribution in [0.4, 0.5) is 10.3 Å². The number of nitrogens with one attached hydrogen (secondary N) is 1. The van der Waals surface area contributed by atoms with E-state index in [0.29, 0.717) is 17.8 Å². The first-order valence-corrected chi connectivity index (χ1v) is 11.1. The van der Waals surface area contributed by atoms with E-state index in [9.17, 15) is 9.18 Å². The summed E-state index contributed by atoms with van der Waals surface area (Å²) in [7, 11) is 0. The van der Waals surface area contributed by atoms with Crippen molar-refractivity contribution in [2.45, 2.75) is 13.3 Å². The third-order valence-corrected chi connectivity index (χ3v) is 6.39. The Labute approximate surface area is 185 Å². The number of thiazole rings is 1.